The van der Waals surface area contributed by atoms with Crippen LogP contribution in [0.1, 0.15) is 16.8 Å². The van der Waals surface area contributed by atoms with E-state index in [0.29, 0.717) is 5.02 Å². The van der Waals surface area contributed by atoms with Crippen molar-refractivity contribution in [2.45, 2.75) is 13.8 Å². The van der Waals surface area contributed by atoms with Gasteiger partial charge in [0.05, 0.1) is 5.69 Å². The Balaban J connectivity index is 1.91. The third-order valence-corrected chi connectivity index (χ3v) is 3.83. The minimum absolute atomic E-state index is 0.704. The predicted octanol–water partition coefficient (Wildman–Crippen LogP) is 5.50. The molecule has 0 saturated heterocycles. The minimum Gasteiger partial charge on any atom is -0.321 e. The van der Waals surface area contributed by atoms with Gasteiger partial charge in [0.15, 0.2) is 0 Å². The topological polar surface area (TPSA) is 17.3 Å². The zero-order chi connectivity index (χ0) is 15.5. The van der Waals surface area contributed by atoms with E-state index in [1.807, 2.05) is 49.5 Å². The molecule has 3 rings (SSSR count). The van der Waals surface area contributed by atoms with Crippen molar-refractivity contribution in [1.29, 1.82) is 0 Å². The molecule has 2 nitrogen and oxygen atoms in total. The molecule has 22 heavy (non-hydrogen) atoms. The molecule has 0 unspecified atom stereocenters. The van der Waals surface area contributed by atoms with Crippen molar-refractivity contribution < 1.29 is 0 Å². The molecule has 0 saturated carbocycles. The molecule has 0 radical (unpaired) electrons. The highest BCUT2D eigenvalue weighted by molar-refractivity contribution is 6.30. The zero-order valence-corrected chi connectivity index (χ0v) is 13.4. The van der Waals surface area contributed by atoms with E-state index < -0.39 is 0 Å². The summed E-state index contributed by atoms with van der Waals surface area (Å²) in [6.07, 6.45) is 3.97. The molecule has 3 heteroatoms. The van der Waals surface area contributed by atoms with Crippen LogP contribution in [0.5, 0.6) is 0 Å². The molecule has 1 aromatic heterocycles. The summed E-state index contributed by atoms with van der Waals surface area (Å²) >= 11 is 6.03. The first-order valence-electron chi connectivity index (χ1n) is 7.18. The second kappa shape index (κ2) is 6.20. The average Bonchev–Trinajstić information content (AvgIpc) is 2.90. The Morgan fingerprint density at radius 3 is 2.55 bits per heavy atom. The Hall–Kier alpha value is -2.32. The molecular formula is C19H17ClN2. The number of hydrogen-bond acceptors (Lipinski definition) is 1. The molecule has 0 aliphatic carbocycles. The van der Waals surface area contributed by atoms with E-state index in [2.05, 4.69) is 40.9 Å². The number of aromatic nitrogens is 1. The molecule has 2 aromatic carbocycles. The molecule has 0 fully saturated rings. The highest BCUT2D eigenvalue weighted by atomic mass is 35.5. The maximum Gasteiger partial charge on any atom is 0.0673 e. The third-order valence-electron chi connectivity index (χ3n) is 3.59. The van der Waals surface area contributed by atoms with Crippen LogP contribution in [0.25, 0.3) is 5.69 Å². The lowest BCUT2D eigenvalue weighted by atomic mass is 10.2. The molecule has 0 aliphatic rings. The van der Waals surface area contributed by atoms with Crippen LogP contribution < -0.4 is 0 Å². The smallest absolute Gasteiger partial charge is 0.0673 e. The number of para-hydroxylation sites is 1. The first-order valence-corrected chi connectivity index (χ1v) is 7.56. The van der Waals surface area contributed by atoms with Crippen molar-refractivity contribution in [3.8, 4) is 5.69 Å². The van der Waals surface area contributed by atoms with Crippen molar-refractivity contribution in [3.63, 3.8) is 0 Å². The highest BCUT2D eigenvalue weighted by Gasteiger charge is 2.03. The summed E-state index contributed by atoms with van der Waals surface area (Å²) in [7, 11) is 0. The van der Waals surface area contributed by atoms with Gasteiger partial charge in [-0.05, 0) is 49.7 Å². The van der Waals surface area contributed by atoms with E-state index in [1.165, 1.54) is 5.69 Å². The SMILES string of the molecule is Cc1ccc(Cl)cc1N=Cc1cc(C)n(-c2ccccc2)c1. The van der Waals surface area contributed by atoms with Crippen molar-refractivity contribution in [3.05, 3.63) is 82.6 Å². The Morgan fingerprint density at radius 2 is 1.77 bits per heavy atom. The molecule has 110 valence electrons. The molecule has 0 aliphatic heterocycles. The van der Waals surface area contributed by atoms with Gasteiger partial charge in [0.1, 0.15) is 0 Å². The maximum atomic E-state index is 6.03. The Kier molecular flexibility index (Phi) is 4.12. The first-order chi connectivity index (χ1) is 10.6. The van der Waals surface area contributed by atoms with Crippen LogP contribution in [-0.4, -0.2) is 10.8 Å². The van der Waals surface area contributed by atoms with Crippen LogP contribution in [0.2, 0.25) is 5.02 Å². The minimum atomic E-state index is 0.704. The van der Waals surface area contributed by atoms with Crippen LogP contribution in [-0.2, 0) is 0 Å². The van der Waals surface area contributed by atoms with E-state index in [4.69, 9.17) is 11.6 Å². The molecule has 1 heterocycles. The number of aliphatic imine (C=N–C) groups is 1. The molecule has 3 aromatic rings. The molecule has 0 atom stereocenters. The summed E-state index contributed by atoms with van der Waals surface area (Å²) in [6, 6.07) is 18.2. The largest absolute Gasteiger partial charge is 0.321 e. The normalized spacial score (nSPS) is 11.2. The van der Waals surface area contributed by atoms with Crippen molar-refractivity contribution in [2.24, 2.45) is 4.99 Å². The molecule has 0 bridgehead atoms. The van der Waals surface area contributed by atoms with Gasteiger partial charge in [-0.1, -0.05) is 35.9 Å². The monoisotopic (exact) mass is 308 g/mol. The second-order valence-electron chi connectivity index (χ2n) is 5.31. The third kappa shape index (κ3) is 3.12. The summed E-state index contributed by atoms with van der Waals surface area (Å²) in [4.78, 5) is 4.56. The summed E-state index contributed by atoms with van der Waals surface area (Å²) < 4.78 is 2.16. The number of rotatable bonds is 3. The van der Waals surface area contributed by atoms with Crippen molar-refractivity contribution in [1.82, 2.24) is 4.57 Å². The Bertz CT molecular complexity index is 817. The van der Waals surface area contributed by atoms with Gasteiger partial charge in [-0.25, -0.2) is 0 Å². The van der Waals surface area contributed by atoms with Gasteiger partial charge < -0.3 is 4.57 Å². The number of benzene rings is 2. The fraction of sp³-hybridized carbons (Fsp3) is 0.105. The van der Waals surface area contributed by atoms with Crippen LogP contribution in [0.3, 0.4) is 0 Å². The Labute approximate surface area is 135 Å². The van der Waals surface area contributed by atoms with Gasteiger partial charge >= 0.3 is 0 Å². The summed E-state index contributed by atoms with van der Waals surface area (Å²) in [6.45, 7) is 4.12. The van der Waals surface area contributed by atoms with Gasteiger partial charge in [-0.15, -0.1) is 0 Å². The Morgan fingerprint density at radius 1 is 1.00 bits per heavy atom. The van der Waals surface area contributed by atoms with Gasteiger partial charge in [-0.3, -0.25) is 4.99 Å². The molecular weight excluding hydrogens is 292 g/mol. The summed E-state index contributed by atoms with van der Waals surface area (Å²) in [5.74, 6) is 0. The first kappa shape index (κ1) is 14.6. The fourth-order valence-corrected chi connectivity index (χ4v) is 2.57. The zero-order valence-electron chi connectivity index (χ0n) is 12.6. The predicted molar refractivity (Wildman–Crippen MR) is 93.9 cm³/mol. The average molecular weight is 309 g/mol. The van der Waals surface area contributed by atoms with E-state index in [0.717, 1.165) is 22.5 Å². The lowest BCUT2D eigenvalue weighted by Gasteiger charge is -2.04. The summed E-state index contributed by atoms with van der Waals surface area (Å²) in [5, 5.41) is 0.704. The van der Waals surface area contributed by atoms with Crippen LogP contribution >= 0.6 is 11.6 Å². The van der Waals surface area contributed by atoms with Gasteiger partial charge in [0.2, 0.25) is 0 Å². The van der Waals surface area contributed by atoms with E-state index in [9.17, 15) is 0 Å². The maximum absolute atomic E-state index is 6.03. The van der Waals surface area contributed by atoms with Gasteiger partial charge in [0.25, 0.3) is 0 Å². The van der Waals surface area contributed by atoms with Crippen LogP contribution in [0.4, 0.5) is 5.69 Å². The second-order valence-corrected chi connectivity index (χ2v) is 5.75. The fourth-order valence-electron chi connectivity index (χ4n) is 2.40. The van der Waals surface area contributed by atoms with Crippen molar-refractivity contribution in [2.75, 3.05) is 0 Å². The van der Waals surface area contributed by atoms with E-state index in [-0.39, 0.29) is 0 Å². The molecule has 0 spiro atoms. The van der Waals surface area contributed by atoms with Crippen molar-refractivity contribution >= 4 is 23.5 Å². The molecule has 0 amide bonds. The quantitative estimate of drug-likeness (QED) is 0.569. The number of aryl methyl sites for hydroxylation is 2. The highest BCUT2D eigenvalue weighted by Crippen LogP contribution is 2.23. The number of hydrogen-bond donors (Lipinski definition) is 0. The lowest BCUT2D eigenvalue weighted by Crippen LogP contribution is -1.93. The number of nitrogens with zero attached hydrogens (tertiary/aromatic N) is 2. The van der Waals surface area contributed by atoms with E-state index >= 15 is 0 Å². The van der Waals surface area contributed by atoms with E-state index in [1.54, 1.807) is 0 Å². The lowest BCUT2D eigenvalue weighted by molar-refractivity contribution is 1.02. The number of halogens is 1. The summed E-state index contributed by atoms with van der Waals surface area (Å²) in [5.41, 5.74) is 5.41. The molecule has 0 N–H and O–H groups in total. The standard InChI is InChI=1S/C19H17ClN2/c1-14-8-9-17(20)11-19(14)21-12-16-10-15(2)22(13-16)18-6-4-3-5-7-18/h3-13H,1-2H3. The van der Waals surface area contributed by atoms with Crippen LogP contribution in [0, 0.1) is 13.8 Å². The van der Waals surface area contributed by atoms with Gasteiger partial charge in [-0.2, -0.15) is 0 Å². The van der Waals surface area contributed by atoms with Gasteiger partial charge in [0, 0.05) is 34.4 Å². The van der Waals surface area contributed by atoms with Crippen LogP contribution in [0.15, 0.2) is 65.8 Å².